The lowest BCUT2D eigenvalue weighted by molar-refractivity contribution is -0.133. The third-order valence-electron chi connectivity index (χ3n) is 7.23. The Labute approximate surface area is 214 Å². The highest BCUT2D eigenvalue weighted by Gasteiger charge is 2.62. The standard InChI is InChI=1S/C26H29N9O2/c1-24(2,3)37-23(36)33-16-25(17-33)14-26(15-25,7-8-27)35-12-18(11-29-35)22-21-5-9-28-34(21)13-20(30-22)19-6-10-32(4)31-19/h5-6,9-13H,7,14-17H2,1-4H3. The molecule has 0 bridgehead atoms. The molecule has 2 aliphatic rings. The van der Waals surface area contributed by atoms with Crippen LogP contribution in [-0.4, -0.2) is 63.8 Å². The van der Waals surface area contributed by atoms with Crippen molar-refractivity contribution in [3.05, 3.63) is 43.1 Å². The van der Waals surface area contributed by atoms with Crippen molar-refractivity contribution in [1.82, 2.24) is 39.1 Å². The van der Waals surface area contributed by atoms with Gasteiger partial charge in [-0.25, -0.2) is 14.3 Å². The van der Waals surface area contributed by atoms with Crippen LogP contribution in [0.5, 0.6) is 0 Å². The first-order valence-electron chi connectivity index (χ1n) is 12.3. The van der Waals surface area contributed by atoms with E-state index in [1.54, 1.807) is 26.5 Å². The molecule has 1 spiro atoms. The van der Waals surface area contributed by atoms with Gasteiger partial charge < -0.3 is 9.64 Å². The van der Waals surface area contributed by atoms with E-state index in [0.29, 0.717) is 25.2 Å². The first-order chi connectivity index (χ1) is 17.6. The maximum absolute atomic E-state index is 12.4. The zero-order valence-electron chi connectivity index (χ0n) is 21.4. The molecule has 1 amide bonds. The molecule has 1 saturated carbocycles. The molecule has 1 aliphatic heterocycles. The number of ether oxygens (including phenoxy) is 1. The molecule has 2 fully saturated rings. The lowest BCUT2D eigenvalue weighted by Gasteiger charge is -2.63. The third kappa shape index (κ3) is 3.93. The summed E-state index contributed by atoms with van der Waals surface area (Å²) in [5.74, 6) is 0. The number of aryl methyl sites for hydroxylation is 1. The van der Waals surface area contributed by atoms with E-state index in [-0.39, 0.29) is 11.5 Å². The van der Waals surface area contributed by atoms with Gasteiger partial charge in [-0.3, -0.25) is 9.36 Å². The Hall–Kier alpha value is -4.20. The van der Waals surface area contributed by atoms with Crippen molar-refractivity contribution in [2.75, 3.05) is 13.1 Å². The van der Waals surface area contributed by atoms with Crippen molar-refractivity contribution in [2.24, 2.45) is 12.5 Å². The Morgan fingerprint density at radius 3 is 2.62 bits per heavy atom. The fourth-order valence-electron chi connectivity index (χ4n) is 5.82. The van der Waals surface area contributed by atoms with E-state index in [1.807, 2.05) is 63.2 Å². The van der Waals surface area contributed by atoms with Gasteiger partial charge >= 0.3 is 6.09 Å². The normalized spacial score (nSPS) is 17.9. The van der Waals surface area contributed by atoms with Crippen LogP contribution in [0.15, 0.2) is 43.1 Å². The maximum Gasteiger partial charge on any atom is 0.410 e. The fraction of sp³-hybridized carbons (Fsp3) is 0.462. The topological polar surface area (TPSA) is 119 Å². The van der Waals surface area contributed by atoms with Gasteiger partial charge in [0.1, 0.15) is 17.0 Å². The van der Waals surface area contributed by atoms with Gasteiger partial charge in [-0.05, 0) is 45.7 Å². The zero-order chi connectivity index (χ0) is 26.0. The lowest BCUT2D eigenvalue weighted by atomic mass is 9.53. The SMILES string of the molecule is Cn1ccc(-c2cn3nccc3c(-c3cnn(C4(CC#N)CC5(CN(C(=O)OC(C)(C)C)C5)C4)c3)n2)n1. The minimum atomic E-state index is -0.516. The molecule has 1 saturated heterocycles. The molecule has 5 heterocycles. The van der Waals surface area contributed by atoms with Gasteiger partial charge in [-0.15, -0.1) is 0 Å². The highest BCUT2D eigenvalue weighted by molar-refractivity contribution is 5.78. The molecule has 0 radical (unpaired) electrons. The maximum atomic E-state index is 12.4. The van der Waals surface area contributed by atoms with Gasteiger partial charge in [0.25, 0.3) is 0 Å². The number of nitriles is 1. The average Bonchev–Trinajstić information content (AvgIpc) is 3.52. The molecule has 0 atom stereocenters. The molecular weight excluding hydrogens is 470 g/mol. The Kier molecular flexibility index (Phi) is 4.96. The van der Waals surface area contributed by atoms with Crippen LogP contribution in [0.2, 0.25) is 0 Å². The van der Waals surface area contributed by atoms with Crippen molar-refractivity contribution in [3.8, 4) is 28.7 Å². The number of aromatic nitrogens is 7. The monoisotopic (exact) mass is 499 g/mol. The Morgan fingerprint density at radius 2 is 1.95 bits per heavy atom. The molecule has 0 unspecified atom stereocenters. The van der Waals surface area contributed by atoms with Crippen molar-refractivity contribution >= 4 is 11.6 Å². The van der Waals surface area contributed by atoms with Gasteiger partial charge in [-0.1, -0.05) is 0 Å². The predicted molar refractivity (Wildman–Crippen MR) is 134 cm³/mol. The summed E-state index contributed by atoms with van der Waals surface area (Å²) in [6.07, 6.45) is 10.9. The number of fused-ring (bicyclic) bond motifs is 1. The van der Waals surface area contributed by atoms with Crippen molar-refractivity contribution in [3.63, 3.8) is 0 Å². The van der Waals surface area contributed by atoms with Crippen LogP contribution in [0.25, 0.3) is 28.2 Å². The zero-order valence-corrected chi connectivity index (χ0v) is 21.4. The summed E-state index contributed by atoms with van der Waals surface area (Å²) in [7, 11) is 1.87. The van der Waals surface area contributed by atoms with Gasteiger partial charge in [0.15, 0.2) is 0 Å². The number of likely N-dealkylation sites (tertiary alicyclic amines) is 1. The highest BCUT2D eigenvalue weighted by Crippen LogP contribution is 2.59. The van der Waals surface area contributed by atoms with Gasteiger partial charge in [0.2, 0.25) is 0 Å². The first-order valence-corrected chi connectivity index (χ1v) is 12.3. The Bertz CT molecular complexity index is 1530. The van der Waals surface area contributed by atoms with E-state index in [1.165, 1.54) is 0 Å². The molecule has 6 rings (SSSR count). The van der Waals surface area contributed by atoms with Crippen LogP contribution < -0.4 is 0 Å². The smallest absolute Gasteiger partial charge is 0.410 e. The van der Waals surface area contributed by atoms with Crippen molar-refractivity contribution in [2.45, 2.75) is 51.2 Å². The molecule has 0 aromatic carbocycles. The minimum Gasteiger partial charge on any atom is -0.444 e. The summed E-state index contributed by atoms with van der Waals surface area (Å²) in [6.45, 7) is 6.90. The molecule has 37 heavy (non-hydrogen) atoms. The summed E-state index contributed by atoms with van der Waals surface area (Å²) >= 11 is 0. The number of hydrogen-bond donors (Lipinski definition) is 0. The number of amides is 1. The van der Waals surface area contributed by atoms with E-state index in [0.717, 1.165) is 35.3 Å². The number of carbonyl (C=O) groups is 1. The largest absolute Gasteiger partial charge is 0.444 e. The van der Waals surface area contributed by atoms with Crippen LogP contribution in [0.3, 0.4) is 0 Å². The van der Waals surface area contributed by atoms with Crippen LogP contribution in [-0.2, 0) is 17.3 Å². The Morgan fingerprint density at radius 1 is 1.16 bits per heavy atom. The average molecular weight is 500 g/mol. The molecule has 4 aromatic heterocycles. The summed E-state index contributed by atoms with van der Waals surface area (Å²) < 4.78 is 11.0. The van der Waals surface area contributed by atoms with Gasteiger partial charge in [0, 0.05) is 43.5 Å². The number of hydrogen-bond acceptors (Lipinski definition) is 7. The summed E-state index contributed by atoms with van der Waals surface area (Å²) in [4.78, 5) is 19.1. The summed E-state index contributed by atoms with van der Waals surface area (Å²) in [6, 6.07) is 6.20. The number of carbonyl (C=O) groups excluding carboxylic acids is 1. The second kappa shape index (κ2) is 7.90. The second-order valence-electron chi connectivity index (χ2n) is 11.4. The fourth-order valence-corrected chi connectivity index (χ4v) is 5.82. The number of rotatable bonds is 4. The minimum absolute atomic E-state index is 0.00965. The predicted octanol–water partition coefficient (Wildman–Crippen LogP) is 3.63. The molecule has 0 N–H and O–H groups in total. The third-order valence-corrected chi connectivity index (χ3v) is 7.23. The van der Waals surface area contributed by atoms with E-state index >= 15 is 0 Å². The lowest BCUT2D eigenvalue weighted by Crippen LogP contribution is -2.69. The first kappa shape index (κ1) is 23.2. The van der Waals surface area contributed by atoms with Crippen LogP contribution in [0.4, 0.5) is 4.79 Å². The second-order valence-corrected chi connectivity index (χ2v) is 11.4. The highest BCUT2D eigenvalue weighted by atomic mass is 16.6. The molecule has 11 nitrogen and oxygen atoms in total. The van der Waals surface area contributed by atoms with Crippen LogP contribution >= 0.6 is 0 Å². The molecule has 11 heteroatoms. The van der Waals surface area contributed by atoms with Crippen LogP contribution in [0.1, 0.15) is 40.0 Å². The van der Waals surface area contributed by atoms with E-state index < -0.39 is 11.1 Å². The van der Waals surface area contributed by atoms with E-state index in [9.17, 15) is 10.1 Å². The van der Waals surface area contributed by atoms with Crippen molar-refractivity contribution in [1.29, 1.82) is 5.26 Å². The van der Waals surface area contributed by atoms with E-state index in [2.05, 4.69) is 16.3 Å². The van der Waals surface area contributed by atoms with Gasteiger partial charge in [-0.2, -0.15) is 20.6 Å². The molecule has 190 valence electrons. The van der Waals surface area contributed by atoms with Gasteiger partial charge in [0.05, 0.1) is 47.8 Å². The summed E-state index contributed by atoms with van der Waals surface area (Å²) in [5, 5.41) is 23.3. The Balaban J connectivity index is 1.26. The molecular formula is C26H29N9O2. The molecule has 1 aliphatic carbocycles. The quantitative estimate of drug-likeness (QED) is 0.420. The number of nitrogens with zero attached hydrogens (tertiary/aromatic N) is 9. The van der Waals surface area contributed by atoms with Crippen LogP contribution in [0, 0.1) is 16.7 Å². The van der Waals surface area contributed by atoms with E-state index in [4.69, 9.17) is 14.8 Å². The van der Waals surface area contributed by atoms with Crippen molar-refractivity contribution < 1.29 is 9.53 Å². The molecule has 4 aromatic rings. The summed E-state index contributed by atoms with van der Waals surface area (Å²) in [5.41, 5.74) is 3.04.